The summed E-state index contributed by atoms with van der Waals surface area (Å²) in [6.07, 6.45) is 5.57. The van der Waals surface area contributed by atoms with Crippen LogP contribution in [-0.4, -0.2) is 40.2 Å². The number of piperidine rings is 1. The fraction of sp³-hybridized carbons (Fsp3) is 0.458. The van der Waals surface area contributed by atoms with Gasteiger partial charge in [-0.25, -0.2) is 8.42 Å². The Morgan fingerprint density at radius 3 is 2.32 bits per heavy atom. The maximum Gasteiger partial charge on any atom is 0.241 e. The first kappa shape index (κ1) is 23.1. The third-order valence-corrected chi connectivity index (χ3v) is 6.95. The number of carbonyl (C=O) groups is 1. The molecule has 168 valence electrons. The Morgan fingerprint density at radius 2 is 1.71 bits per heavy atom. The van der Waals surface area contributed by atoms with Crippen LogP contribution in [0.15, 0.2) is 48.5 Å². The van der Waals surface area contributed by atoms with Gasteiger partial charge in [-0.15, -0.1) is 0 Å². The highest BCUT2D eigenvalue weighted by atomic mass is 32.2. The molecule has 0 radical (unpaired) electrons. The van der Waals surface area contributed by atoms with Crippen molar-refractivity contribution < 1.29 is 13.2 Å². The van der Waals surface area contributed by atoms with Crippen molar-refractivity contribution >= 4 is 27.3 Å². The van der Waals surface area contributed by atoms with Gasteiger partial charge in [0.25, 0.3) is 0 Å². The minimum atomic E-state index is -3.60. The molecule has 7 heteroatoms. The first-order valence-corrected chi connectivity index (χ1v) is 12.8. The molecule has 0 bridgehead atoms. The number of anilines is 2. The van der Waals surface area contributed by atoms with Gasteiger partial charge in [-0.05, 0) is 61.9 Å². The molecule has 0 saturated carbocycles. The van der Waals surface area contributed by atoms with Gasteiger partial charge in [-0.3, -0.25) is 9.10 Å². The van der Waals surface area contributed by atoms with E-state index in [0.717, 1.165) is 30.5 Å². The number of nitrogens with zero attached hydrogens (tertiary/aromatic N) is 2. The van der Waals surface area contributed by atoms with Gasteiger partial charge in [-0.1, -0.05) is 37.3 Å². The fourth-order valence-electron chi connectivity index (χ4n) is 4.06. The highest BCUT2D eigenvalue weighted by Gasteiger charge is 2.23. The normalized spacial score (nSPS) is 15.4. The lowest BCUT2D eigenvalue weighted by molar-refractivity contribution is -0.120. The minimum absolute atomic E-state index is 0.217. The van der Waals surface area contributed by atoms with E-state index in [1.54, 1.807) is 12.1 Å². The zero-order valence-electron chi connectivity index (χ0n) is 18.7. The highest BCUT2D eigenvalue weighted by molar-refractivity contribution is 7.92. The monoisotopic (exact) mass is 443 g/mol. The zero-order chi connectivity index (χ0) is 22.4. The molecule has 1 saturated heterocycles. The summed E-state index contributed by atoms with van der Waals surface area (Å²) in [4.78, 5) is 15.1. The van der Waals surface area contributed by atoms with Crippen LogP contribution in [-0.2, 0) is 21.2 Å². The van der Waals surface area contributed by atoms with Gasteiger partial charge in [0.1, 0.15) is 6.54 Å². The number of carbonyl (C=O) groups excluding carboxylic acids is 1. The van der Waals surface area contributed by atoms with Gasteiger partial charge in [0.2, 0.25) is 15.9 Å². The number of amides is 1. The van der Waals surface area contributed by atoms with E-state index in [1.807, 2.05) is 38.1 Å². The predicted molar refractivity (Wildman–Crippen MR) is 127 cm³/mol. The molecule has 1 aliphatic rings. The lowest BCUT2D eigenvalue weighted by atomic mass is 10.1. The lowest BCUT2D eigenvalue weighted by Crippen LogP contribution is -2.41. The Morgan fingerprint density at radius 1 is 1.06 bits per heavy atom. The summed E-state index contributed by atoms with van der Waals surface area (Å²) in [5, 5.41) is 2.95. The van der Waals surface area contributed by atoms with Crippen LogP contribution in [0.5, 0.6) is 0 Å². The van der Waals surface area contributed by atoms with Gasteiger partial charge in [0, 0.05) is 18.8 Å². The first-order chi connectivity index (χ1) is 14.8. The van der Waals surface area contributed by atoms with Crippen LogP contribution in [0.2, 0.25) is 0 Å². The van der Waals surface area contributed by atoms with Crippen LogP contribution in [0.4, 0.5) is 11.4 Å². The molecule has 1 amide bonds. The third kappa shape index (κ3) is 6.00. The van der Waals surface area contributed by atoms with Crippen molar-refractivity contribution in [1.82, 2.24) is 5.32 Å². The Kier molecular flexibility index (Phi) is 7.59. The number of benzene rings is 2. The molecule has 0 aromatic heterocycles. The molecule has 1 unspecified atom stereocenters. The van der Waals surface area contributed by atoms with Crippen molar-refractivity contribution in [3.63, 3.8) is 0 Å². The summed E-state index contributed by atoms with van der Waals surface area (Å²) >= 11 is 0. The minimum Gasteiger partial charge on any atom is -0.372 e. The number of hydrogen-bond donors (Lipinski definition) is 1. The maximum absolute atomic E-state index is 12.7. The SMILES string of the molecule is CCc1ccccc1N(CC(=O)NC(C)c1ccc(N2CCCCC2)cc1)S(C)(=O)=O. The predicted octanol–water partition coefficient (Wildman–Crippen LogP) is 3.88. The smallest absolute Gasteiger partial charge is 0.241 e. The van der Waals surface area contributed by atoms with Gasteiger partial charge >= 0.3 is 0 Å². The molecule has 2 aromatic rings. The summed E-state index contributed by atoms with van der Waals surface area (Å²) in [6, 6.07) is 15.4. The molecule has 1 N–H and O–H groups in total. The summed E-state index contributed by atoms with van der Waals surface area (Å²) in [7, 11) is -3.60. The Balaban J connectivity index is 1.68. The number of sulfonamides is 1. The Hall–Kier alpha value is -2.54. The van der Waals surface area contributed by atoms with Gasteiger partial charge in [0.15, 0.2) is 0 Å². The fourth-order valence-corrected chi connectivity index (χ4v) is 4.95. The Labute approximate surface area is 186 Å². The summed E-state index contributed by atoms with van der Waals surface area (Å²) < 4.78 is 26.0. The molecule has 1 heterocycles. The lowest BCUT2D eigenvalue weighted by Gasteiger charge is -2.29. The number of aryl methyl sites for hydroxylation is 1. The van der Waals surface area contributed by atoms with Gasteiger partial charge < -0.3 is 10.2 Å². The summed E-state index contributed by atoms with van der Waals surface area (Å²) in [6.45, 7) is 5.82. The van der Waals surface area contributed by atoms with Crippen molar-refractivity contribution in [3.05, 3.63) is 59.7 Å². The van der Waals surface area contributed by atoms with E-state index >= 15 is 0 Å². The zero-order valence-corrected chi connectivity index (χ0v) is 19.5. The molecule has 0 spiro atoms. The molecule has 31 heavy (non-hydrogen) atoms. The third-order valence-electron chi connectivity index (χ3n) is 5.82. The molecular formula is C24H33N3O3S. The van der Waals surface area contributed by atoms with Crippen LogP contribution in [0.25, 0.3) is 0 Å². The molecule has 3 rings (SSSR count). The van der Waals surface area contributed by atoms with Crippen LogP contribution >= 0.6 is 0 Å². The number of rotatable bonds is 8. The van der Waals surface area contributed by atoms with E-state index < -0.39 is 10.0 Å². The van der Waals surface area contributed by atoms with E-state index in [1.165, 1.54) is 29.3 Å². The van der Waals surface area contributed by atoms with Crippen LogP contribution in [0.3, 0.4) is 0 Å². The number of para-hydroxylation sites is 1. The second-order valence-electron chi connectivity index (χ2n) is 8.18. The van der Waals surface area contributed by atoms with Crippen molar-refractivity contribution in [2.24, 2.45) is 0 Å². The Bertz CT molecular complexity index is 983. The number of nitrogens with one attached hydrogen (secondary N) is 1. The largest absolute Gasteiger partial charge is 0.372 e. The molecule has 6 nitrogen and oxygen atoms in total. The highest BCUT2D eigenvalue weighted by Crippen LogP contribution is 2.24. The summed E-state index contributed by atoms with van der Waals surface area (Å²) in [5.41, 5.74) is 3.65. The first-order valence-electron chi connectivity index (χ1n) is 11.0. The van der Waals surface area contributed by atoms with Crippen LogP contribution in [0.1, 0.15) is 50.3 Å². The number of hydrogen-bond acceptors (Lipinski definition) is 4. The van der Waals surface area contributed by atoms with E-state index in [0.29, 0.717) is 12.1 Å². The van der Waals surface area contributed by atoms with E-state index in [-0.39, 0.29) is 18.5 Å². The van der Waals surface area contributed by atoms with Crippen LogP contribution in [0, 0.1) is 0 Å². The summed E-state index contributed by atoms with van der Waals surface area (Å²) in [5.74, 6) is -0.330. The van der Waals surface area contributed by atoms with Gasteiger partial charge in [-0.2, -0.15) is 0 Å². The molecule has 1 aliphatic heterocycles. The van der Waals surface area contributed by atoms with Crippen molar-refractivity contribution in [3.8, 4) is 0 Å². The second kappa shape index (κ2) is 10.2. The van der Waals surface area contributed by atoms with E-state index in [4.69, 9.17) is 0 Å². The standard InChI is InChI=1S/C24H33N3O3S/c1-4-20-10-6-7-11-23(20)27(31(3,29)30)18-24(28)25-19(2)21-12-14-22(15-13-21)26-16-8-5-9-17-26/h6-7,10-15,19H,4-5,8-9,16-18H2,1-3H3,(H,25,28). The van der Waals surface area contributed by atoms with Crippen LogP contribution < -0.4 is 14.5 Å². The second-order valence-corrected chi connectivity index (χ2v) is 10.1. The molecule has 0 aliphatic carbocycles. The molecular weight excluding hydrogens is 410 g/mol. The van der Waals surface area contributed by atoms with Gasteiger partial charge in [0.05, 0.1) is 18.0 Å². The molecule has 1 fully saturated rings. The average Bonchev–Trinajstić information content (AvgIpc) is 2.77. The maximum atomic E-state index is 12.7. The average molecular weight is 444 g/mol. The topological polar surface area (TPSA) is 69.7 Å². The molecule has 1 atom stereocenters. The molecule has 2 aromatic carbocycles. The van der Waals surface area contributed by atoms with Crippen molar-refractivity contribution in [1.29, 1.82) is 0 Å². The van der Waals surface area contributed by atoms with Crippen molar-refractivity contribution in [2.45, 2.75) is 45.6 Å². The van der Waals surface area contributed by atoms with Crippen molar-refractivity contribution in [2.75, 3.05) is 35.1 Å². The quantitative estimate of drug-likeness (QED) is 0.672. The van der Waals surface area contributed by atoms with E-state index in [2.05, 4.69) is 22.3 Å². The van der Waals surface area contributed by atoms with E-state index in [9.17, 15) is 13.2 Å².